The molecular weight excluding hydrogens is 267 g/mol. The molecule has 0 N–H and O–H groups in total. The largest absolute Gasteiger partial charge is 0.462 e. The smallest absolute Gasteiger partial charge is 0.330 e. The van der Waals surface area contributed by atoms with Gasteiger partial charge in [0.05, 0.1) is 6.61 Å². The molecule has 3 heteroatoms. The summed E-state index contributed by atoms with van der Waals surface area (Å²) in [5.74, 6) is -0.360. The van der Waals surface area contributed by atoms with Gasteiger partial charge in [-0.25, -0.2) is 4.79 Å². The van der Waals surface area contributed by atoms with Gasteiger partial charge in [0.15, 0.2) is 0 Å². The standard InChI is InChI=1S/C17H17O2P/c1-2-17(18)19-13-14-20(15-9-5-3-6-10-15)16-11-7-4-8-12-16/h2-12H,1,13-14H2. The second-order valence-corrected chi connectivity index (χ2v) is 6.53. The van der Waals surface area contributed by atoms with Crippen molar-refractivity contribution in [1.82, 2.24) is 0 Å². The van der Waals surface area contributed by atoms with E-state index in [1.54, 1.807) is 0 Å². The molecule has 102 valence electrons. The van der Waals surface area contributed by atoms with E-state index in [1.807, 2.05) is 36.4 Å². The summed E-state index contributed by atoms with van der Waals surface area (Å²) in [6.45, 7) is 3.82. The Hall–Kier alpha value is -1.92. The molecule has 0 aliphatic carbocycles. The Morgan fingerprint density at radius 2 is 1.50 bits per heavy atom. The van der Waals surface area contributed by atoms with Crippen molar-refractivity contribution in [2.75, 3.05) is 12.8 Å². The van der Waals surface area contributed by atoms with Crippen molar-refractivity contribution in [2.24, 2.45) is 0 Å². The molecule has 0 heterocycles. The molecule has 2 aromatic rings. The van der Waals surface area contributed by atoms with Crippen LogP contribution in [-0.4, -0.2) is 18.7 Å². The Kier molecular flexibility index (Phi) is 5.52. The van der Waals surface area contributed by atoms with Gasteiger partial charge >= 0.3 is 5.97 Å². The zero-order valence-corrected chi connectivity index (χ0v) is 12.1. The fraction of sp³-hybridized carbons (Fsp3) is 0.118. The second-order valence-electron chi connectivity index (χ2n) is 4.19. The van der Waals surface area contributed by atoms with E-state index in [-0.39, 0.29) is 5.97 Å². The van der Waals surface area contributed by atoms with E-state index >= 15 is 0 Å². The van der Waals surface area contributed by atoms with Crippen LogP contribution in [0, 0.1) is 0 Å². The molecule has 0 amide bonds. The summed E-state index contributed by atoms with van der Waals surface area (Å²) < 4.78 is 5.12. The first kappa shape index (κ1) is 14.5. The summed E-state index contributed by atoms with van der Waals surface area (Å²) >= 11 is 0. The zero-order chi connectivity index (χ0) is 14.2. The van der Waals surface area contributed by atoms with Crippen LogP contribution >= 0.6 is 7.92 Å². The summed E-state index contributed by atoms with van der Waals surface area (Å²) in [5, 5.41) is 2.59. The van der Waals surface area contributed by atoms with E-state index < -0.39 is 7.92 Å². The minimum atomic E-state index is -0.498. The summed E-state index contributed by atoms with van der Waals surface area (Å²) in [4.78, 5) is 11.1. The second kappa shape index (κ2) is 7.62. The molecule has 0 aromatic heterocycles. The maximum absolute atomic E-state index is 11.1. The Bertz CT molecular complexity index is 512. The first-order chi connectivity index (χ1) is 9.81. The minimum absolute atomic E-state index is 0.360. The van der Waals surface area contributed by atoms with Crippen molar-refractivity contribution in [3.63, 3.8) is 0 Å². The van der Waals surface area contributed by atoms with E-state index in [9.17, 15) is 4.79 Å². The predicted molar refractivity (Wildman–Crippen MR) is 85.1 cm³/mol. The molecule has 2 nitrogen and oxygen atoms in total. The molecule has 0 radical (unpaired) electrons. The van der Waals surface area contributed by atoms with Gasteiger partial charge in [-0.3, -0.25) is 0 Å². The number of esters is 1. The molecule has 0 atom stereocenters. The molecule has 0 bridgehead atoms. The van der Waals surface area contributed by atoms with Gasteiger partial charge in [-0.05, 0) is 18.5 Å². The Morgan fingerprint density at radius 1 is 1.00 bits per heavy atom. The lowest BCUT2D eigenvalue weighted by Crippen LogP contribution is -2.17. The molecule has 0 spiro atoms. The van der Waals surface area contributed by atoms with E-state index in [4.69, 9.17) is 4.74 Å². The summed E-state index contributed by atoms with van der Waals surface area (Å²) in [5.41, 5.74) is 0. The highest BCUT2D eigenvalue weighted by Crippen LogP contribution is 2.32. The van der Waals surface area contributed by atoms with Crippen molar-refractivity contribution in [1.29, 1.82) is 0 Å². The zero-order valence-electron chi connectivity index (χ0n) is 11.2. The summed E-state index contributed by atoms with van der Waals surface area (Å²) in [6.07, 6.45) is 2.02. The number of hydrogen-bond donors (Lipinski definition) is 0. The quantitative estimate of drug-likeness (QED) is 0.463. The lowest BCUT2D eigenvalue weighted by atomic mass is 10.4. The maximum Gasteiger partial charge on any atom is 0.330 e. The topological polar surface area (TPSA) is 26.3 Å². The van der Waals surface area contributed by atoms with Gasteiger partial charge in [0.25, 0.3) is 0 Å². The predicted octanol–water partition coefficient (Wildman–Crippen LogP) is 2.85. The van der Waals surface area contributed by atoms with Gasteiger partial charge in [0.1, 0.15) is 0 Å². The van der Waals surface area contributed by atoms with Crippen LogP contribution in [0.3, 0.4) is 0 Å². The van der Waals surface area contributed by atoms with Crippen LogP contribution in [0.4, 0.5) is 0 Å². The van der Waals surface area contributed by atoms with Gasteiger partial charge in [-0.2, -0.15) is 0 Å². The third-order valence-corrected chi connectivity index (χ3v) is 5.33. The molecule has 20 heavy (non-hydrogen) atoms. The lowest BCUT2D eigenvalue weighted by molar-refractivity contribution is -0.137. The number of rotatable bonds is 6. The third-order valence-electron chi connectivity index (χ3n) is 2.86. The number of carbonyl (C=O) groups excluding carboxylic acids is 1. The average molecular weight is 284 g/mol. The van der Waals surface area contributed by atoms with E-state index in [1.165, 1.54) is 16.7 Å². The Morgan fingerprint density at radius 3 is 1.95 bits per heavy atom. The lowest BCUT2D eigenvalue weighted by Gasteiger charge is -2.18. The molecule has 0 saturated heterocycles. The van der Waals surface area contributed by atoms with Gasteiger partial charge in [-0.15, -0.1) is 0 Å². The van der Waals surface area contributed by atoms with E-state index in [0.29, 0.717) is 6.61 Å². The van der Waals surface area contributed by atoms with Crippen molar-refractivity contribution in [3.05, 3.63) is 73.3 Å². The highest BCUT2D eigenvalue weighted by atomic mass is 31.1. The number of hydrogen-bond acceptors (Lipinski definition) is 2. The SMILES string of the molecule is C=CC(=O)OCCP(c1ccccc1)c1ccccc1. The van der Waals surface area contributed by atoms with Gasteiger partial charge in [0.2, 0.25) is 0 Å². The van der Waals surface area contributed by atoms with E-state index in [0.717, 1.165) is 6.16 Å². The molecular formula is C17H17O2P. The summed E-state index contributed by atoms with van der Waals surface area (Å²) in [7, 11) is -0.498. The monoisotopic (exact) mass is 284 g/mol. The number of ether oxygens (including phenoxy) is 1. The van der Waals surface area contributed by atoms with Crippen LogP contribution in [0.25, 0.3) is 0 Å². The maximum atomic E-state index is 11.1. The fourth-order valence-electron chi connectivity index (χ4n) is 1.92. The summed E-state index contributed by atoms with van der Waals surface area (Å²) in [6, 6.07) is 20.7. The van der Waals surface area contributed by atoms with Crippen molar-refractivity contribution in [2.45, 2.75) is 0 Å². The van der Waals surface area contributed by atoms with Gasteiger partial charge in [0, 0.05) is 12.2 Å². The average Bonchev–Trinajstić information content (AvgIpc) is 2.53. The first-order valence-corrected chi connectivity index (χ1v) is 8.01. The fourth-order valence-corrected chi connectivity index (χ4v) is 4.07. The van der Waals surface area contributed by atoms with Crippen LogP contribution in [0.15, 0.2) is 73.3 Å². The third kappa shape index (κ3) is 4.04. The number of benzene rings is 2. The number of carbonyl (C=O) groups is 1. The Balaban J connectivity index is 2.13. The van der Waals surface area contributed by atoms with Crippen LogP contribution in [0.2, 0.25) is 0 Å². The van der Waals surface area contributed by atoms with Crippen LogP contribution in [-0.2, 0) is 9.53 Å². The minimum Gasteiger partial charge on any atom is -0.462 e. The first-order valence-electron chi connectivity index (χ1n) is 6.48. The van der Waals surface area contributed by atoms with Crippen molar-refractivity contribution >= 4 is 24.5 Å². The molecule has 0 aliphatic rings. The van der Waals surface area contributed by atoms with Crippen LogP contribution in [0.1, 0.15) is 0 Å². The van der Waals surface area contributed by atoms with Crippen LogP contribution in [0.5, 0.6) is 0 Å². The molecule has 2 rings (SSSR count). The van der Waals surface area contributed by atoms with Crippen molar-refractivity contribution < 1.29 is 9.53 Å². The van der Waals surface area contributed by atoms with Crippen molar-refractivity contribution in [3.8, 4) is 0 Å². The highest BCUT2D eigenvalue weighted by Gasteiger charge is 2.13. The molecule has 0 unspecified atom stereocenters. The van der Waals surface area contributed by atoms with Gasteiger partial charge < -0.3 is 4.74 Å². The van der Waals surface area contributed by atoms with Gasteiger partial charge in [-0.1, -0.05) is 67.2 Å². The van der Waals surface area contributed by atoms with E-state index in [2.05, 4.69) is 30.8 Å². The molecule has 0 fully saturated rings. The highest BCUT2D eigenvalue weighted by molar-refractivity contribution is 7.73. The Labute approximate surface area is 120 Å². The normalized spacial score (nSPS) is 10.2. The van der Waals surface area contributed by atoms with Crippen LogP contribution < -0.4 is 10.6 Å². The molecule has 2 aromatic carbocycles. The molecule has 0 aliphatic heterocycles. The molecule has 0 saturated carbocycles.